The minimum absolute atomic E-state index is 0.149. The van der Waals surface area contributed by atoms with E-state index in [1.165, 1.54) is 0 Å². The standard InChI is InChI=1S/C13H19NO2S/c15-8-3-1-2-6-12-10-5-4-7-13(16)14-11(10)9-17-12/h4-5,8,10-12H,1-3,6-7,9H2,(H,14,16)/t10-,11-,12-/m1/s1. The SMILES string of the molecule is O=CCCCC[C@H]1SC[C@H]2NC(=O)CC=C[C@H]21. The summed E-state index contributed by atoms with van der Waals surface area (Å²) in [5.74, 6) is 1.66. The summed E-state index contributed by atoms with van der Waals surface area (Å²) in [5.41, 5.74) is 0. The van der Waals surface area contributed by atoms with Gasteiger partial charge in [-0.2, -0.15) is 11.8 Å². The molecule has 0 aliphatic carbocycles. The molecular formula is C13H19NO2S. The molecule has 2 aliphatic rings. The summed E-state index contributed by atoms with van der Waals surface area (Å²) < 4.78 is 0. The topological polar surface area (TPSA) is 46.2 Å². The van der Waals surface area contributed by atoms with E-state index < -0.39 is 0 Å². The molecule has 1 amide bonds. The van der Waals surface area contributed by atoms with Crippen LogP contribution in [0.15, 0.2) is 12.2 Å². The largest absolute Gasteiger partial charge is 0.352 e. The van der Waals surface area contributed by atoms with Gasteiger partial charge in [0.2, 0.25) is 5.91 Å². The Kier molecular flexibility index (Phi) is 4.66. The van der Waals surface area contributed by atoms with Crippen LogP contribution in [0.4, 0.5) is 0 Å². The van der Waals surface area contributed by atoms with Crippen LogP contribution in [-0.2, 0) is 9.59 Å². The van der Waals surface area contributed by atoms with E-state index in [4.69, 9.17) is 0 Å². The summed E-state index contributed by atoms with van der Waals surface area (Å²) >= 11 is 1.96. The zero-order chi connectivity index (χ0) is 12.1. The number of unbranched alkanes of at least 4 members (excludes halogenated alkanes) is 2. The molecule has 4 heteroatoms. The van der Waals surface area contributed by atoms with Crippen molar-refractivity contribution in [2.24, 2.45) is 5.92 Å². The van der Waals surface area contributed by atoms with Crippen molar-refractivity contribution in [3.05, 3.63) is 12.2 Å². The third kappa shape index (κ3) is 3.35. The average Bonchev–Trinajstić information content (AvgIpc) is 2.57. The predicted octanol–water partition coefficient (Wildman–Crippen LogP) is 1.92. The number of hydrogen-bond donors (Lipinski definition) is 1. The van der Waals surface area contributed by atoms with Crippen molar-refractivity contribution < 1.29 is 9.59 Å². The molecule has 0 bridgehead atoms. The lowest BCUT2D eigenvalue weighted by Gasteiger charge is -2.19. The second-order valence-corrected chi connectivity index (χ2v) is 5.98. The minimum Gasteiger partial charge on any atom is -0.352 e. The lowest BCUT2D eigenvalue weighted by atomic mass is 9.94. The van der Waals surface area contributed by atoms with Gasteiger partial charge >= 0.3 is 0 Å². The average molecular weight is 253 g/mol. The van der Waals surface area contributed by atoms with Gasteiger partial charge in [-0.05, 0) is 12.8 Å². The van der Waals surface area contributed by atoms with Gasteiger partial charge in [-0.25, -0.2) is 0 Å². The van der Waals surface area contributed by atoms with Crippen molar-refractivity contribution in [3.63, 3.8) is 0 Å². The van der Waals surface area contributed by atoms with E-state index in [2.05, 4.69) is 11.4 Å². The van der Waals surface area contributed by atoms with E-state index in [0.717, 1.165) is 31.3 Å². The van der Waals surface area contributed by atoms with Gasteiger partial charge in [0.05, 0.1) is 0 Å². The zero-order valence-electron chi connectivity index (χ0n) is 9.93. The Bertz CT molecular complexity index is 317. The first-order valence-corrected chi connectivity index (χ1v) is 7.37. The van der Waals surface area contributed by atoms with Crippen LogP contribution in [0.1, 0.15) is 32.1 Å². The van der Waals surface area contributed by atoms with E-state index >= 15 is 0 Å². The number of aldehydes is 1. The Morgan fingerprint density at radius 1 is 1.47 bits per heavy atom. The summed E-state index contributed by atoms with van der Waals surface area (Å²) in [7, 11) is 0. The maximum atomic E-state index is 11.4. The van der Waals surface area contributed by atoms with Crippen molar-refractivity contribution in [2.45, 2.75) is 43.4 Å². The number of carbonyl (C=O) groups is 2. The molecule has 17 heavy (non-hydrogen) atoms. The van der Waals surface area contributed by atoms with E-state index in [1.54, 1.807) is 0 Å². The molecule has 2 heterocycles. The first-order valence-electron chi connectivity index (χ1n) is 6.32. The lowest BCUT2D eigenvalue weighted by Crippen LogP contribution is -2.38. The number of carbonyl (C=O) groups excluding carboxylic acids is 2. The first-order chi connectivity index (χ1) is 8.31. The van der Waals surface area contributed by atoms with Crippen LogP contribution in [0.5, 0.6) is 0 Å². The summed E-state index contributed by atoms with van der Waals surface area (Å²) in [6.45, 7) is 0. The van der Waals surface area contributed by atoms with E-state index in [9.17, 15) is 9.59 Å². The molecule has 0 spiro atoms. The third-order valence-corrected chi connectivity index (χ3v) is 4.98. The van der Waals surface area contributed by atoms with Crippen molar-refractivity contribution in [3.8, 4) is 0 Å². The molecule has 3 atom stereocenters. The normalized spacial score (nSPS) is 31.8. The highest BCUT2D eigenvalue weighted by Gasteiger charge is 2.36. The van der Waals surface area contributed by atoms with Gasteiger partial charge in [-0.1, -0.05) is 18.6 Å². The summed E-state index contributed by atoms with van der Waals surface area (Å²) in [5, 5.41) is 3.71. The van der Waals surface area contributed by atoms with Gasteiger partial charge in [0.15, 0.2) is 0 Å². The predicted molar refractivity (Wildman–Crippen MR) is 70.0 cm³/mol. The molecule has 0 aromatic heterocycles. The molecule has 1 fully saturated rings. The molecule has 0 aromatic carbocycles. The molecule has 1 N–H and O–H groups in total. The van der Waals surface area contributed by atoms with Gasteiger partial charge in [-0.15, -0.1) is 0 Å². The molecule has 0 aromatic rings. The Morgan fingerprint density at radius 2 is 2.35 bits per heavy atom. The number of hydrogen-bond acceptors (Lipinski definition) is 3. The molecule has 94 valence electrons. The number of thioether (sulfide) groups is 1. The molecule has 1 saturated heterocycles. The van der Waals surface area contributed by atoms with Gasteiger partial charge in [0.25, 0.3) is 0 Å². The Labute approximate surface area is 106 Å². The lowest BCUT2D eigenvalue weighted by molar-refractivity contribution is -0.120. The van der Waals surface area contributed by atoms with E-state index in [0.29, 0.717) is 30.1 Å². The van der Waals surface area contributed by atoms with Crippen molar-refractivity contribution in [1.29, 1.82) is 0 Å². The highest BCUT2D eigenvalue weighted by Crippen LogP contribution is 2.37. The second kappa shape index (κ2) is 6.24. The highest BCUT2D eigenvalue weighted by molar-refractivity contribution is 8.00. The molecular weight excluding hydrogens is 234 g/mol. The fourth-order valence-electron chi connectivity index (χ4n) is 2.55. The van der Waals surface area contributed by atoms with Crippen LogP contribution in [0, 0.1) is 5.92 Å². The van der Waals surface area contributed by atoms with Crippen LogP contribution in [0.2, 0.25) is 0 Å². The first kappa shape index (κ1) is 12.7. The summed E-state index contributed by atoms with van der Waals surface area (Å²) in [6.07, 6.45) is 9.68. The molecule has 0 saturated carbocycles. The quantitative estimate of drug-likeness (QED) is 0.462. The number of rotatable bonds is 5. The van der Waals surface area contributed by atoms with Crippen LogP contribution in [0.3, 0.4) is 0 Å². The van der Waals surface area contributed by atoms with Crippen LogP contribution in [0.25, 0.3) is 0 Å². The minimum atomic E-state index is 0.149. The van der Waals surface area contributed by atoms with Crippen LogP contribution >= 0.6 is 11.8 Å². The maximum Gasteiger partial charge on any atom is 0.224 e. The third-order valence-electron chi connectivity index (χ3n) is 3.45. The van der Waals surface area contributed by atoms with E-state index in [-0.39, 0.29) is 5.91 Å². The molecule has 0 radical (unpaired) electrons. The van der Waals surface area contributed by atoms with Crippen molar-refractivity contribution in [1.82, 2.24) is 5.32 Å². The summed E-state index contributed by atoms with van der Waals surface area (Å²) in [6, 6.07) is 0.322. The second-order valence-electron chi connectivity index (χ2n) is 4.71. The van der Waals surface area contributed by atoms with Gasteiger partial charge in [-0.3, -0.25) is 4.79 Å². The fourth-order valence-corrected chi connectivity index (χ4v) is 4.15. The van der Waals surface area contributed by atoms with Crippen LogP contribution in [-0.4, -0.2) is 29.2 Å². The zero-order valence-corrected chi connectivity index (χ0v) is 10.7. The molecule has 3 nitrogen and oxygen atoms in total. The fraction of sp³-hybridized carbons (Fsp3) is 0.692. The molecule has 0 unspecified atom stereocenters. The van der Waals surface area contributed by atoms with Gasteiger partial charge < -0.3 is 10.1 Å². The highest BCUT2D eigenvalue weighted by atomic mass is 32.2. The molecule has 2 rings (SSSR count). The maximum absolute atomic E-state index is 11.4. The van der Waals surface area contributed by atoms with Crippen molar-refractivity contribution in [2.75, 3.05) is 5.75 Å². The van der Waals surface area contributed by atoms with E-state index in [1.807, 2.05) is 17.8 Å². The Morgan fingerprint density at radius 3 is 3.18 bits per heavy atom. The number of nitrogens with one attached hydrogen (secondary N) is 1. The monoisotopic (exact) mass is 253 g/mol. The number of fused-ring (bicyclic) bond motifs is 1. The van der Waals surface area contributed by atoms with Crippen LogP contribution < -0.4 is 5.32 Å². The summed E-state index contributed by atoms with van der Waals surface area (Å²) in [4.78, 5) is 21.7. The van der Waals surface area contributed by atoms with Crippen molar-refractivity contribution >= 4 is 24.0 Å². The number of amides is 1. The smallest absolute Gasteiger partial charge is 0.224 e. The van der Waals surface area contributed by atoms with Gasteiger partial charge in [0.1, 0.15) is 6.29 Å². The molecule has 2 aliphatic heterocycles. The Hall–Kier alpha value is -0.770. The van der Waals surface area contributed by atoms with Gasteiger partial charge in [0, 0.05) is 35.8 Å². The Balaban J connectivity index is 1.84.